The van der Waals surface area contributed by atoms with Crippen LogP contribution < -0.4 is 15.6 Å². The summed E-state index contributed by atoms with van der Waals surface area (Å²) in [4.78, 5) is 31.3. The summed E-state index contributed by atoms with van der Waals surface area (Å²) >= 11 is 1.30. The van der Waals surface area contributed by atoms with E-state index in [4.69, 9.17) is 4.74 Å². The molecular formula is C20H19N3O3S. The SMILES string of the molecule is Cc1c(C(=O)NCC2Cc3ccccc3O2)sc2nc3n(c(=O)c12)CCC3. The third-order valence-corrected chi connectivity index (χ3v) is 6.51. The standard InChI is InChI=1S/C20H19N3O3S/c1-11-16-19(22-15-7-4-8-23(15)20(16)25)27-17(11)18(24)21-10-13-9-12-5-2-3-6-14(12)26-13/h2-3,5-6,13H,4,7-10H2,1H3,(H,21,24). The minimum absolute atomic E-state index is 0.0186. The van der Waals surface area contributed by atoms with E-state index in [0.29, 0.717) is 28.2 Å². The fourth-order valence-electron chi connectivity index (χ4n) is 3.95. The minimum Gasteiger partial charge on any atom is -0.488 e. The molecule has 0 radical (unpaired) electrons. The monoisotopic (exact) mass is 381 g/mol. The maximum absolute atomic E-state index is 12.7. The predicted molar refractivity (Wildman–Crippen MR) is 104 cm³/mol. The zero-order chi connectivity index (χ0) is 18.5. The van der Waals surface area contributed by atoms with E-state index < -0.39 is 0 Å². The number of para-hydroxylation sites is 1. The van der Waals surface area contributed by atoms with Crippen LogP contribution in [0, 0.1) is 6.92 Å². The molecule has 1 N–H and O–H groups in total. The third-order valence-electron chi connectivity index (χ3n) is 5.32. The van der Waals surface area contributed by atoms with Crippen LogP contribution in [0.2, 0.25) is 0 Å². The lowest BCUT2D eigenvalue weighted by Crippen LogP contribution is -2.34. The van der Waals surface area contributed by atoms with E-state index in [1.165, 1.54) is 16.9 Å². The second-order valence-corrected chi connectivity index (χ2v) is 8.09. The van der Waals surface area contributed by atoms with E-state index in [1.807, 2.05) is 31.2 Å². The van der Waals surface area contributed by atoms with E-state index in [1.54, 1.807) is 4.57 Å². The Balaban J connectivity index is 1.37. The number of ether oxygens (including phenoxy) is 1. The lowest BCUT2D eigenvalue weighted by Gasteiger charge is -2.11. The zero-order valence-corrected chi connectivity index (χ0v) is 15.8. The number of carbonyl (C=O) groups is 1. The zero-order valence-electron chi connectivity index (χ0n) is 14.9. The lowest BCUT2D eigenvalue weighted by atomic mass is 10.1. The van der Waals surface area contributed by atoms with E-state index >= 15 is 0 Å². The van der Waals surface area contributed by atoms with E-state index in [-0.39, 0.29) is 17.6 Å². The van der Waals surface area contributed by atoms with Crippen molar-refractivity contribution in [1.29, 1.82) is 0 Å². The van der Waals surface area contributed by atoms with Crippen LogP contribution >= 0.6 is 11.3 Å². The molecule has 1 amide bonds. The van der Waals surface area contributed by atoms with Gasteiger partial charge in [-0.3, -0.25) is 14.2 Å². The van der Waals surface area contributed by atoms with Crippen molar-refractivity contribution in [1.82, 2.24) is 14.9 Å². The number of carbonyl (C=O) groups excluding carboxylic acids is 1. The Kier molecular flexibility index (Phi) is 3.79. The molecule has 1 aromatic carbocycles. The van der Waals surface area contributed by atoms with Gasteiger partial charge in [0.15, 0.2) is 0 Å². The van der Waals surface area contributed by atoms with Gasteiger partial charge in [-0.05, 0) is 30.5 Å². The summed E-state index contributed by atoms with van der Waals surface area (Å²) in [5, 5.41) is 3.55. The molecule has 5 rings (SSSR count). The largest absolute Gasteiger partial charge is 0.488 e. The van der Waals surface area contributed by atoms with Gasteiger partial charge in [0.2, 0.25) is 0 Å². The van der Waals surface area contributed by atoms with Crippen molar-refractivity contribution in [2.24, 2.45) is 0 Å². The molecule has 0 aliphatic carbocycles. The van der Waals surface area contributed by atoms with Crippen LogP contribution in [0.1, 0.15) is 33.0 Å². The average molecular weight is 381 g/mol. The first-order chi connectivity index (χ1) is 13.1. The summed E-state index contributed by atoms with van der Waals surface area (Å²) < 4.78 is 7.62. The number of nitrogens with zero attached hydrogens (tertiary/aromatic N) is 2. The molecule has 0 saturated carbocycles. The molecular weight excluding hydrogens is 362 g/mol. The van der Waals surface area contributed by atoms with Crippen LogP contribution in [0.5, 0.6) is 5.75 Å². The summed E-state index contributed by atoms with van der Waals surface area (Å²) in [6.45, 7) is 2.98. The molecule has 2 aromatic heterocycles. The molecule has 0 saturated heterocycles. The maximum atomic E-state index is 12.7. The number of hydrogen-bond acceptors (Lipinski definition) is 5. The maximum Gasteiger partial charge on any atom is 0.262 e. The molecule has 6 nitrogen and oxygen atoms in total. The summed E-state index contributed by atoms with van der Waals surface area (Å²) in [6, 6.07) is 7.94. The molecule has 138 valence electrons. The number of aryl methyl sites for hydroxylation is 2. The molecule has 1 unspecified atom stereocenters. The van der Waals surface area contributed by atoms with Gasteiger partial charge in [-0.1, -0.05) is 18.2 Å². The van der Waals surface area contributed by atoms with E-state index in [0.717, 1.165) is 36.4 Å². The van der Waals surface area contributed by atoms with Crippen molar-refractivity contribution in [3.05, 3.63) is 56.4 Å². The Bertz CT molecular complexity index is 1110. The normalized spacial score (nSPS) is 17.6. The van der Waals surface area contributed by atoms with E-state index in [9.17, 15) is 9.59 Å². The third kappa shape index (κ3) is 2.65. The van der Waals surface area contributed by atoms with Gasteiger partial charge in [-0.2, -0.15) is 0 Å². The van der Waals surface area contributed by atoms with Crippen molar-refractivity contribution in [3.63, 3.8) is 0 Å². The second kappa shape index (κ2) is 6.20. The van der Waals surface area contributed by atoms with Gasteiger partial charge in [0, 0.05) is 19.4 Å². The molecule has 4 heterocycles. The highest BCUT2D eigenvalue weighted by Gasteiger charge is 2.26. The molecule has 0 fully saturated rings. The van der Waals surface area contributed by atoms with Gasteiger partial charge in [-0.25, -0.2) is 4.98 Å². The summed E-state index contributed by atoms with van der Waals surface area (Å²) in [5.41, 5.74) is 1.87. The van der Waals surface area contributed by atoms with Crippen molar-refractivity contribution in [2.75, 3.05) is 6.54 Å². The number of rotatable bonds is 3. The average Bonchev–Trinajstić information content (AvgIpc) is 3.36. The smallest absolute Gasteiger partial charge is 0.262 e. The van der Waals surface area contributed by atoms with Crippen LogP contribution in [0.3, 0.4) is 0 Å². The van der Waals surface area contributed by atoms with Crippen molar-refractivity contribution >= 4 is 27.5 Å². The molecule has 0 bridgehead atoms. The van der Waals surface area contributed by atoms with Gasteiger partial charge >= 0.3 is 0 Å². The Labute approximate surface area is 159 Å². The van der Waals surface area contributed by atoms with Crippen LogP contribution in [0.15, 0.2) is 29.1 Å². The summed E-state index contributed by atoms with van der Waals surface area (Å²) in [6.07, 6.45) is 2.50. The Morgan fingerprint density at radius 3 is 3.11 bits per heavy atom. The number of thiophene rings is 1. The first-order valence-electron chi connectivity index (χ1n) is 9.17. The van der Waals surface area contributed by atoms with Crippen LogP contribution in [-0.2, 0) is 19.4 Å². The Morgan fingerprint density at radius 1 is 1.41 bits per heavy atom. The fourth-order valence-corrected chi connectivity index (χ4v) is 5.05. The number of amides is 1. The predicted octanol–water partition coefficient (Wildman–Crippen LogP) is 2.45. The highest BCUT2D eigenvalue weighted by Crippen LogP contribution is 2.30. The minimum atomic E-state index is -0.167. The molecule has 3 aromatic rings. The van der Waals surface area contributed by atoms with E-state index in [2.05, 4.69) is 10.3 Å². The highest BCUT2D eigenvalue weighted by molar-refractivity contribution is 7.20. The van der Waals surface area contributed by atoms with Crippen LogP contribution in [0.4, 0.5) is 0 Å². The first kappa shape index (κ1) is 16.5. The lowest BCUT2D eigenvalue weighted by molar-refractivity contribution is 0.0937. The molecule has 1 atom stereocenters. The van der Waals surface area contributed by atoms with Crippen molar-refractivity contribution in [2.45, 2.75) is 38.8 Å². The van der Waals surface area contributed by atoms with Gasteiger partial charge in [-0.15, -0.1) is 11.3 Å². The first-order valence-corrected chi connectivity index (χ1v) is 9.99. The number of aromatic nitrogens is 2. The van der Waals surface area contributed by atoms with Gasteiger partial charge in [0.25, 0.3) is 11.5 Å². The molecule has 27 heavy (non-hydrogen) atoms. The number of hydrogen-bond donors (Lipinski definition) is 1. The van der Waals surface area contributed by atoms with Crippen LogP contribution in [0.25, 0.3) is 10.2 Å². The summed E-state index contributed by atoms with van der Waals surface area (Å²) in [7, 11) is 0. The summed E-state index contributed by atoms with van der Waals surface area (Å²) in [5.74, 6) is 1.55. The topological polar surface area (TPSA) is 73.2 Å². The van der Waals surface area contributed by atoms with Gasteiger partial charge in [0.05, 0.1) is 16.8 Å². The number of nitrogens with one attached hydrogen (secondary N) is 1. The highest BCUT2D eigenvalue weighted by atomic mass is 32.1. The second-order valence-electron chi connectivity index (χ2n) is 7.09. The Hall–Kier alpha value is -2.67. The van der Waals surface area contributed by atoms with Crippen molar-refractivity contribution in [3.8, 4) is 5.75 Å². The van der Waals surface area contributed by atoms with Gasteiger partial charge < -0.3 is 10.1 Å². The Morgan fingerprint density at radius 2 is 2.26 bits per heavy atom. The molecule has 2 aliphatic rings. The van der Waals surface area contributed by atoms with Crippen LogP contribution in [-0.4, -0.2) is 28.1 Å². The number of fused-ring (bicyclic) bond motifs is 3. The molecule has 7 heteroatoms. The van der Waals surface area contributed by atoms with Gasteiger partial charge in [0.1, 0.15) is 22.5 Å². The fraction of sp³-hybridized carbons (Fsp3) is 0.350. The van der Waals surface area contributed by atoms with Crippen molar-refractivity contribution < 1.29 is 9.53 Å². The quantitative estimate of drug-likeness (QED) is 0.756. The number of benzene rings is 1. The molecule has 0 spiro atoms. The molecule has 2 aliphatic heterocycles.